The third-order valence-electron chi connectivity index (χ3n) is 5.26. The average molecular weight is 451 g/mol. The third-order valence-corrected chi connectivity index (χ3v) is 6.46. The van der Waals surface area contributed by atoms with Crippen molar-refractivity contribution in [1.29, 1.82) is 0 Å². The molecule has 1 atom stereocenters. The largest absolute Gasteiger partial charge is 0.350 e. The number of rotatable bonds is 5. The molecule has 1 fully saturated rings. The topological polar surface area (TPSA) is 86.8 Å². The van der Waals surface area contributed by atoms with Gasteiger partial charge in [-0.1, -0.05) is 12.1 Å². The number of nitrogens with zero attached hydrogens (tertiary/aromatic N) is 2. The van der Waals surface area contributed by atoms with Crippen molar-refractivity contribution in [2.45, 2.75) is 25.9 Å². The van der Waals surface area contributed by atoms with Gasteiger partial charge in [-0.2, -0.15) is 4.31 Å². The van der Waals surface area contributed by atoms with Crippen molar-refractivity contribution in [3.8, 4) is 0 Å². The molecule has 3 rings (SSSR count). The van der Waals surface area contributed by atoms with E-state index in [2.05, 4.69) is 5.32 Å². The maximum Gasteiger partial charge on any atom is 0.247 e. The lowest BCUT2D eigenvalue weighted by Gasteiger charge is -2.46. The first-order valence-electron chi connectivity index (χ1n) is 9.49. The maximum atomic E-state index is 13.6. The van der Waals surface area contributed by atoms with Gasteiger partial charge in [0.05, 0.1) is 12.8 Å². The van der Waals surface area contributed by atoms with Crippen molar-refractivity contribution in [3.05, 3.63) is 65.2 Å². The number of piperazine rings is 1. The smallest absolute Gasteiger partial charge is 0.247 e. The minimum absolute atomic E-state index is 0.0536. The van der Waals surface area contributed by atoms with E-state index in [1.165, 1.54) is 54.3 Å². The highest BCUT2D eigenvalue weighted by atomic mass is 32.2. The van der Waals surface area contributed by atoms with Crippen molar-refractivity contribution in [1.82, 2.24) is 9.62 Å². The Morgan fingerprint density at radius 1 is 1.13 bits per heavy atom. The van der Waals surface area contributed by atoms with E-state index >= 15 is 0 Å². The van der Waals surface area contributed by atoms with Crippen molar-refractivity contribution in [2.24, 2.45) is 0 Å². The number of anilines is 1. The van der Waals surface area contributed by atoms with Crippen LogP contribution in [0.4, 0.5) is 14.5 Å². The fourth-order valence-electron chi connectivity index (χ4n) is 3.62. The van der Waals surface area contributed by atoms with Gasteiger partial charge >= 0.3 is 0 Å². The first kappa shape index (κ1) is 22.8. The minimum Gasteiger partial charge on any atom is -0.350 e. The van der Waals surface area contributed by atoms with E-state index < -0.39 is 45.6 Å². The van der Waals surface area contributed by atoms with Crippen LogP contribution in [0, 0.1) is 18.6 Å². The molecule has 31 heavy (non-hydrogen) atoms. The molecule has 1 saturated heterocycles. The van der Waals surface area contributed by atoms with Crippen LogP contribution in [0.5, 0.6) is 0 Å². The van der Waals surface area contributed by atoms with Gasteiger partial charge in [0.2, 0.25) is 21.8 Å². The highest BCUT2D eigenvalue weighted by Gasteiger charge is 2.50. The van der Waals surface area contributed by atoms with Gasteiger partial charge < -0.3 is 5.32 Å². The summed E-state index contributed by atoms with van der Waals surface area (Å²) in [6.07, 6.45) is 0.968. The number of halogens is 2. The summed E-state index contributed by atoms with van der Waals surface area (Å²) in [4.78, 5) is 27.5. The Hall–Kier alpha value is -2.85. The number of nitrogens with one attached hydrogen (secondary N) is 1. The number of carbonyl (C=O) groups excluding carboxylic acids is 2. The quantitative estimate of drug-likeness (QED) is 0.753. The van der Waals surface area contributed by atoms with E-state index in [0.29, 0.717) is 16.8 Å². The second kappa shape index (κ2) is 8.35. The van der Waals surface area contributed by atoms with E-state index in [0.717, 1.165) is 10.6 Å². The van der Waals surface area contributed by atoms with Gasteiger partial charge in [0.1, 0.15) is 17.2 Å². The Morgan fingerprint density at radius 2 is 1.74 bits per heavy atom. The molecule has 0 saturated carbocycles. The number of sulfonamides is 1. The van der Waals surface area contributed by atoms with Gasteiger partial charge in [-0.15, -0.1) is 0 Å². The van der Waals surface area contributed by atoms with Gasteiger partial charge in [0.25, 0.3) is 0 Å². The van der Waals surface area contributed by atoms with E-state index in [9.17, 15) is 26.8 Å². The van der Waals surface area contributed by atoms with E-state index in [-0.39, 0.29) is 13.1 Å². The fourth-order valence-corrected chi connectivity index (χ4v) is 4.45. The lowest BCUT2D eigenvalue weighted by atomic mass is 9.93. The molecule has 1 N–H and O–H groups in total. The average Bonchev–Trinajstić information content (AvgIpc) is 2.67. The number of aryl methyl sites for hydroxylation is 1. The highest BCUT2D eigenvalue weighted by molar-refractivity contribution is 7.88. The molecule has 10 heteroatoms. The first-order valence-corrected chi connectivity index (χ1v) is 11.3. The second-order valence-corrected chi connectivity index (χ2v) is 9.76. The summed E-state index contributed by atoms with van der Waals surface area (Å²) < 4.78 is 52.0. The van der Waals surface area contributed by atoms with Crippen LogP contribution in [0.15, 0.2) is 42.5 Å². The minimum atomic E-state index is -3.75. The molecular formula is C21H23F2N3O4S. The Labute approximate surface area is 179 Å². The molecular weight excluding hydrogens is 428 g/mol. The molecule has 0 radical (unpaired) electrons. The Balaban J connectivity index is 1.98. The van der Waals surface area contributed by atoms with Crippen molar-refractivity contribution in [2.75, 3.05) is 24.2 Å². The van der Waals surface area contributed by atoms with Gasteiger partial charge in [-0.25, -0.2) is 17.2 Å². The van der Waals surface area contributed by atoms with Crippen molar-refractivity contribution in [3.63, 3.8) is 0 Å². The molecule has 7 nitrogen and oxygen atoms in total. The summed E-state index contributed by atoms with van der Waals surface area (Å²) in [5.74, 6) is -2.11. The fraction of sp³-hybridized carbons (Fsp3) is 0.333. The van der Waals surface area contributed by atoms with E-state index in [1.807, 2.05) is 0 Å². The zero-order chi connectivity index (χ0) is 23.0. The number of hydrogen-bond donors (Lipinski definition) is 1. The number of hydrogen-bond acceptors (Lipinski definition) is 4. The lowest BCUT2D eigenvalue weighted by molar-refractivity contribution is -0.133. The summed E-state index contributed by atoms with van der Waals surface area (Å²) in [5.41, 5.74) is -0.219. The molecule has 2 aromatic carbocycles. The van der Waals surface area contributed by atoms with E-state index in [4.69, 9.17) is 0 Å². The molecule has 2 amide bonds. The van der Waals surface area contributed by atoms with Gasteiger partial charge in [0.15, 0.2) is 0 Å². The van der Waals surface area contributed by atoms with Crippen LogP contribution >= 0.6 is 0 Å². The Bertz CT molecular complexity index is 1120. The van der Waals surface area contributed by atoms with Gasteiger partial charge in [0, 0.05) is 18.8 Å². The number of benzene rings is 2. The van der Waals surface area contributed by atoms with Crippen molar-refractivity contribution >= 4 is 27.5 Å². The molecule has 0 bridgehead atoms. The second-order valence-electron chi connectivity index (χ2n) is 7.77. The summed E-state index contributed by atoms with van der Waals surface area (Å²) in [6, 6.07) is 9.34. The van der Waals surface area contributed by atoms with Crippen LogP contribution < -0.4 is 10.2 Å². The van der Waals surface area contributed by atoms with Crippen molar-refractivity contribution < 1.29 is 26.8 Å². The number of carbonyl (C=O) groups is 2. The molecule has 1 heterocycles. The monoisotopic (exact) mass is 451 g/mol. The van der Waals surface area contributed by atoms with Crippen LogP contribution in [0.25, 0.3) is 0 Å². The van der Waals surface area contributed by atoms with Crippen LogP contribution in [0.1, 0.15) is 18.1 Å². The summed E-state index contributed by atoms with van der Waals surface area (Å²) >= 11 is 0. The van der Waals surface area contributed by atoms with Gasteiger partial charge in [-0.3, -0.25) is 14.5 Å². The number of amides is 2. The summed E-state index contributed by atoms with van der Waals surface area (Å²) in [5, 5.41) is 2.70. The predicted molar refractivity (Wildman–Crippen MR) is 112 cm³/mol. The highest BCUT2D eigenvalue weighted by Crippen LogP contribution is 2.33. The van der Waals surface area contributed by atoms with Gasteiger partial charge in [-0.05, 0) is 55.3 Å². The Kier molecular flexibility index (Phi) is 6.15. The normalized spacial score (nSPS) is 20.0. The lowest BCUT2D eigenvalue weighted by Crippen LogP contribution is -2.70. The zero-order valence-corrected chi connectivity index (χ0v) is 18.2. The van der Waals surface area contributed by atoms with Crippen LogP contribution in [-0.4, -0.2) is 49.4 Å². The first-order chi connectivity index (χ1) is 14.4. The SMILES string of the molecule is Cc1cc(F)ccc1N1C(=O)CN(S(C)(=O)=O)C[C@@]1(C)C(=O)NCc1ccc(F)cc1. The zero-order valence-electron chi connectivity index (χ0n) is 17.4. The third kappa shape index (κ3) is 4.75. The van der Waals surface area contributed by atoms with Crippen LogP contribution in [0.3, 0.4) is 0 Å². The Morgan fingerprint density at radius 3 is 2.32 bits per heavy atom. The molecule has 1 aliphatic rings. The molecule has 2 aromatic rings. The molecule has 166 valence electrons. The molecule has 0 aromatic heterocycles. The van der Waals surface area contributed by atoms with E-state index in [1.54, 1.807) is 6.92 Å². The molecule has 1 aliphatic heterocycles. The molecule has 0 aliphatic carbocycles. The summed E-state index contributed by atoms with van der Waals surface area (Å²) in [6.45, 7) is 2.41. The molecule has 0 spiro atoms. The molecule has 0 unspecified atom stereocenters. The summed E-state index contributed by atoms with van der Waals surface area (Å²) in [7, 11) is -3.75. The van der Waals surface area contributed by atoms with Crippen LogP contribution in [-0.2, 0) is 26.2 Å². The van der Waals surface area contributed by atoms with Crippen LogP contribution in [0.2, 0.25) is 0 Å². The maximum absolute atomic E-state index is 13.6. The predicted octanol–water partition coefficient (Wildman–Crippen LogP) is 1.96. The standard InChI is InChI=1S/C21H23F2N3O4S/c1-14-10-17(23)8-9-18(14)26-19(27)12-25(31(3,29)30)13-21(26,2)20(28)24-11-15-4-6-16(22)7-5-15/h4-10H,11-13H2,1-3H3,(H,24,28)/t21-/m0/s1.